The second-order valence-electron chi connectivity index (χ2n) is 2.58. The highest BCUT2D eigenvalue weighted by atomic mass is 35.5. The molecule has 4 heteroatoms. The Hall–Kier alpha value is -0.440. The Morgan fingerprint density at radius 2 is 1.92 bits per heavy atom. The molecule has 0 amide bonds. The molecule has 0 N–H and O–H groups in total. The first-order chi connectivity index (χ1) is 6.15. The van der Waals surface area contributed by atoms with Gasteiger partial charge in [0, 0.05) is 18.2 Å². The fourth-order valence-electron chi connectivity index (χ4n) is 0.861. The van der Waals surface area contributed by atoms with Crippen LogP contribution in [0.15, 0.2) is 12.1 Å². The number of aryl methyl sites for hydroxylation is 1. The maximum atomic E-state index is 5.90. The normalized spacial score (nSPS) is 10.2. The average Bonchev–Trinajstić information content (AvgIpc) is 2.09. The second-order valence-corrected chi connectivity index (χ2v) is 3.40. The summed E-state index contributed by atoms with van der Waals surface area (Å²) in [5, 5.41) is 1.18. The molecule has 0 bridgehead atoms. The Morgan fingerprint density at radius 3 is 2.54 bits per heavy atom. The molecule has 2 nitrogen and oxygen atoms in total. The van der Waals surface area contributed by atoms with Gasteiger partial charge in [0.2, 0.25) is 0 Å². The van der Waals surface area contributed by atoms with Crippen LogP contribution in [0.3, 0.4) is 0 Å². The molecule has 13 heavy (non-hydrogen) atoms. The molecule has 1 rings (SSSR count). The van der Waals surface area contributed by atoms with Crippen molar-refractivity contribution in [3.8, 4) is 5.75 Å². The van der Waals surface area contributed by atoms with E-state index in [4.69, 9.17) is 32.7 Å². The molecule has 0 aliphatic rings. The van der Waals surface area contributed by atoms with Crippen molar-refractivity contribution in [2.45, 2.75) is 6.92 Å². The van der Waals surface area contributed by atoms with Crippen molar-refractivity contribution in [2.24, 2.45) is 0 Å². The van der Waals surface area contributed by atoms with Crippen LogP contribution < -0.4 is 4.74 Å². The summed E-state index contributed by atoms with van der Waals surface area (Å²) in [7, 11) is 1.55. The number of benzene rings is 1. The smallest absolute Gasteiger partial charge is 0.188 e. The first-order valence-electron chi connectivity index (χ1n) is 3.72. The molecule has 0 atom stereocenters. The minimum absolute atomic E-state index is 0.166. The number of hydrogen-bond acceptors (Lipinski definition) is 2. The first kappa shape index (κ1) is 10.6. The van der Waals surface area contributed by atoms with Gasteiger partial charge in [0.15, 0.2) is 6.79 Å². The molecule has 0 aliphatic carbocycles. The van der Waals surface area contributed by atoms with Gasteiger partial charge in [0.1, 0.15) is 5.75 Å². The van der Waals surface area contributed by atoms with Crippen LogP contribution >= 0.6 is 23.2 Å². The highest BCUT2D eigenvalue weighted by Gasteiger charge is 2.04. The van der Waals surface area contributed by atoms with Gasteiger partial charge < -0.3 is 9.47 Å². The number of rotatable bonds is 3. The molecule has 72 valence electrons. The maximum absolute atomic E-state index is 5.90. The van der Waals surface area contributed by atoms with Crippen molar-refractivity contribution in [1.29, 1.82) is 0 Å². The number of hydrogen-bond donors (Lipinski definition) is 0. The van der Waals surface area contributed by atoms with Gasteiger partial charge in [0.25, 0.3) is 0 Å². The van der Waals surface area contributed by atoms with E-state index in [0.717, 1.165) is 5.56 Å². The molecule has 0 spiro atoms. The fourth-order valence-corrected chi connectivity index (χ4v) is 1.29. The Labute approximate surface area is 87.4 Å². The highest BCUT2D eigenvalue weighted by Crippen LogP contribution is 2.30. The minimum atomic E-state index is 0.166. The lowest BCUT2D eigenvalue weighted by molar-refractivity contribution is 0.0512. The molecule has 0 heterocycles. The average molecular weight is 221 g/mol. The van der Waals surface area contributed by atoms with Crippen LogP contribution in [0, 0.1) is 6.92 Å². The zero-order chi connectivity index (χ0) is 9.84. The van der Waals surface area contributed by atoms with Crippen molar-refractivity contribution in [1.82, 2.24) is 0 Å². The Kier molecular flexibility index (Phi) is 3.85. The quantitative estimate of drug-likeness (QED) is 0.729. The first-order valence-corrected chi connectivity index (χ1v) is 4.48. The number of methoxy groups -OCH3 is 1. The molecule has 0 fully saturated rings. The van der Waals surface area contributed by atoms with Crippen molar-refractivity contribution >= 4 is 23.2 Å². The summed E-state index contributed by atoms with van der Waals surface area (Å²) < 4.78 is 9.93. The molecule has 0 radical (unpaired) electrons. The standard InChI is InChI=1S/C9H10Cl2O2/c1-6-3-8(11)9(4-7(6)10)13-5-12-2/h3-4H,5H2,1-2H3. The molecule has 0 aromatic heterocycles. The summed E-state index contributed by atoms with van der Waals surface area (Å²) in [5.41, 5.74) is 0.927. The Bertz CT molecular complexity index is 300. The van der Waals surface area contributed by atoms with E-state index in [2.05, 4.69) is 0 Å². The molecule has 0 saturated carbocycles. The number of halogens is 2. The molecular weight excluding hydrogens is 211 g/mol. The molecule has 0 unspecified atom stereocenters. The van der Waals surface area contributed by atoms with Crippen molar-refractivity contribution in [3.05, 3.63) is 27.7 Å². The van der Waals surface area contributed by atoms with E-state index in [0.29, 0.717) is 15.8 Å². The topological polar surface area (TPSA) is 18.5 Å². The van der Waals surface area contributed by atoms with Crippen molar-refractivity contribution in [3.63, 3.8) is 0 Å². The summed E-state index contributed by atoms with van der Waals surface area (Å²) in [6, 6.07) is 3.44. The van der Waals surface area contributed by atoms with Gasteiger partial charge in [-0.1, -0.05) is 23.2 Å². The Morgan fingerprint density at radius 1 is 1.23 bits per heavy atom. The zero-order valence-corrected chi connectivity index (χ0v) is 8.95. The largest absolute Gasteiger partial charge is 0.466 e. The van der Waals surface area contributed by atoms with Crippen LogP contribution in [0.5, 0.6) is 5.75 Å². The third-order valence-corrected chi connectivity index (χ3v) is 2.25. The molecule has 0 saturated heterocycles. The van der Waals surface area contributed by atoms with Crippen LogP contribution in [0.1, 0.15) is 5.56 Å². The number of ether oxygens (including phenoxy) is 2. The van der Waals surface area contributed by atoms with Crippen LogP contribution in [-0.2, 0) is 4.74 Å². The summed E-state index contributed by atoms with van der Waals surface area (Å²) in [4.78, 5) is 0. The van der Waals surface area contributed by atoms with Gasteiger partial charge in [-0.3, -0.25) is 0 Å². The maximum Gasteiger partial charge on any atom is 0.188 e. The van der Waals surface area contributed by atoms with Crippen molar-refractivity contribution in [2.75, 3.05) is 13.9 Å². The lowest BCUT2D eigenvalue weighted by Gasteiger charge is -2.08. The molecule has 1 aromatic rings. The summed E-state index contributed by atoms with van der Waals surface area (Å²) in [6.07, 6.45) is 0. The van der Waals surface area contributed by atoms with E-state index in [-0.39, 0.29) is 6.79 Å². The third kappa shape index (κ3) is 2.76. The lowest BCUT2D eigenvalue weighted by Crippen LogP contribution is -1.99. The molecule has 0 aliphatic heterocycles. The van der Waals surface area contributed by atoms with E-state index in [1.54, 1.807) is 19.2 Å². The van der Waals surface area contributed by atoms with E-state index < -0.39 is 0 Å². The van der Waals surface area contributed by atoms with Gasteiger partial charge in [-0.05, 0) is 18.6 Å². The fraction of sp³-hybridized carbons (Fsp3) is 0.333. The molecule has 1 aromatic carbocycles. The van der Waals surface area contributed by atoms with Gasteiger partial charge >= 0.3 is 0 Å². The molecular formula is C9H10Cl2O2. The van der Waals surface area contributed by atoms with E-state index in [1.165, 1.54) is 0 Å². The monoisotopic (exact) mass is 220 g/mol. The minimum Gasteiger partial charge on any atom is -0.466 e. The lowest BCUT2D eigenvalue weighted by atomic mass is 10.2. The second kappa shape index (κ2) is 4.70. The van der Waals surface area contributed by atoms with Crippen LogP contribution in [0.4, 0.5) is 0 Å². The predicted molar refractivity (Wildman–Crippen MR) is 53.7 cm³/mol. The van der Waals surface area contributed by atoms with E-state index in [1.807, 2.05) is 6.92 Å². The van der Waals surface area contributed by atoms with Gasteiger partial charge in [-0.15, -0.1) is 0 Å². The zero-order valence-electron chi connectivity index (χ0n) is 7.43. The SMILES string of the molecule is COCOc1cc(Cl)c(C)cc1Cl. The predicted octanol–water partition coefficient (Wildman–Crippen LogP) is 3.28. The van der Waals surface area contributed by atoms with Crippen LogP contribution in [-0.4, -0.2) is 13.9 Å². The van der Waals surface area contributed by atoms with E-state index >= 15 is 0 Å². The highest BCUT2D eigenvalue weighted by molar-refractivity contribution is 6.34. The summed E-state index contributed by atoms with van der Waals surface area (Å²) in [6.45, 7) is 2.05. The van der Waals surface area contributed by atoms with Gasteiger partial charge in [0.05, 0.1) is 5.02 Å². The van der Waals surface area contributed by atoms with Crippen LogP contribution in [0.2, 0.25) is 10.0 Å². The Balaban J connectivity index is 2.88. The third-order valence-electron chi connectivity index (χ3n) is 1.55. The van der Waals surface area contributed by atoms with Gasteiger partial charge in [-0.2, -0.15) is 0 Å². The summed E-state index contributed by atoms with van der Waals surface area (Å²) in [5.74, 6) is 0.541. The van der Waals surface area contributed by atoms with Crippen molar-refractivity contribution < 1.29 is 9.47 Å². The summed E-state index contributed by atoms with van der Waals surface area (Å²) >= 11 is 11.8. The van der Waals surface area contributed by atoms with E-state index in [9.17, 15) is 0 Å². The van der Waals surface area contributed by atoms with Crippen LogP contribution in [0.25, 0.3) is 0 Å². The van der Waals surface area contributed by atoms with Gasteiger partial charge in [-0.25, -0.2) is 0 Å².